The maximum Gasteiger partial charge on any atom is 0.230 e. The highest BCUT2D eigenvalue weighted by molar-refractivity contribution is 7.99. The lowest BCUT2D eigenvalue weighted by molar-refractivity contribution is -0.119. The smallest absolute Gasteiger partial charge is 0.230 e. The first-order valence-electron chi connectivity index (χ1n) is 7.00. The van der Waals surface area contributed by atoms with Gasteiger partial charge in [-0.25, -0.2) is 4.98 Å². The Morgan fingerprint density at radius 2 is 2.14 bits per heavy atom. The summed E-state index contributed by atoms with van der Waals surface area (Å²) in [5, 5.41) is 4.43. The number of halogens is 1. The Balaban J connectivity index is 2.14. The molecule has 0 aliphatic carbocycles. The first-order chi connectivity index (χ1) is 10.3. The van der Waals surface area contributed by atoms with Crippen LogP contribution in [0.1, 0.15) is 26.3 Å². The third-order valence-electron chi connectivity index (χ3n) is 2.95. The Labute approximate surface area is 140 Å². The molecule has 118 valence electrons. The molecular weight excluding hydrogens is 318 g/mol. The minimum atomic E-state index is -0.226. The van der Waals surface area contributed by atoms with E-state index in [4.69, 9.17) is 11.6 Å². The van der Waals surface area contributed by atoms with Gasteiger partial charge in [0, 0.05) is 23.0 Å². The number of hydrogen-bond acceptors (Lipinski definition) is 3. The highest BCUT2D eigenvalue weighted by Crippen LogP contribution is 2.26. The standard InChI is InChI=1S/C16H20ClN3OS/c1-11-12(17)6-5-7-13(11)20-9-8-18-15(20)22-10-14(21)19-16(2,3)4/h5-9H,10H2,1-4H3,(H,19,21). The van der Waals surface area contributed by atoms with E-state index in [1.165, 1.54) is 11.8 Å². The average molecular weight is 338 g/mol. The van der Waals surface area contributed by atoms with Crippen LogP contribution >= 0.6 is 23.4 Å². The molecule has 1 aromatic heterocycles. The first-order valence-corrected chi connectivity index (χ1v) is 8.37. The number of nitrogens with zero attached hydrogens (tertiary/aromatic N) is 2. The summed E-state index contributed by atoms with van der Waals surface area (Å²) < 4.78 is 1.95. The van der Waals surface area contributed by atoms with E-state index in [0.717, 1.165) is 16.4 Å². The summed E-state index contributed by atoms with van der Waals surface area (Å²) in [6.45, 7) is 7.86. The molecule has 0 spiro atoms. The van der Waals surface area contributed by atoms with E-state index >= 15 is 0 Å². The lowest BCUT2D eigenvalue weighted by Crippen LogP contribution is -2.41. The summed E-state index contributed by atoms with van der Waals surface area (Å²) in [6.07, 6.45) is 3.60. The number of amides is 1. The van der Waals surface area contributed by atoms with E-state index in [0.29, 0.717) is 10.8 Å². The lowest BCUT2D eigenvalue weighted by atomic mass is 10.1. The van der Waals surface area contributed by atoms with Gasteiger partial charge in [-0.2, -0.15) is 0 Å². The third kappa shape index (κ3) is 4.27. The van der Waals surface area contributed by atoms with Crippen LogP contribution in [0.25, 0.3) is 5.69 Å². The van der Waals surface area contributed by atoms with Gasteiger partial charge in [-0.1, -0.05) is 29.4 Å². The molecule has 0 fully saturated rings. The molecule has 0 radical (unpaired) electrons. The summed E-state index contributed by atoms with van der Waals surface area (Å²) in [7, 11) is 0. The number of aromatic nitrogens is 2. The number of rotatable bonds is 4. The van der Waals surface area contributed by atoms with E-state index < -0.39 is 0 Å². The quantitative estimate of drug-likeness (QED) is 0.862. The van der Waals surface area contributed by atoms with Gasteiger partial charge in [-0.15, -0.1) is 0 Å². The number of carbonyl (C=O) groups is 1. The highest BCUT2D eigenvalue weighted by Gasteiger charge is 2.15. The van der Waals surface area contributed by atoms with Crippen LogP contribution in [0, 0.1) is 6.92 Å². The zero-order chi connectivity index (χ0) is 16.3. The van der Waals surface area contributed by atoms with Gasteiger partial charge in [0.2, 0.25) is 5.91 Å². The van der Waals surface area contributed by atoms with Crippen molar-refractivity contribution in [1.82, 2.24) is 14.9 Å². The van der Waals surface area contributed by atoms with Gasteiger partial charge >= 0.3 is 0 Å². The van der Waals surface area contributed by atoms with Gasteiger partial charge in [0.05, 0.1) is 11.4 Å². The molecule has 0 aliphatic heterocycles. The minimum Gasteiger partial charge on any atom is -0.351 e. The summed E-state index contributed by atoms with van der Waals surface area (Å²) in [5.74, 6) is 0.323. The van der Waals surface area contributed by atoms with Crippen molar-refractivity contribution in [3.63, 3.8) is 0 Å². The molecule has 4 nitrogen and oxygen atoms in total. The molecule has 22 heavy (non-hydrogen) atoms. The normalized spacial score (nSPS) is 11.5. The Kier molecular flexibility index (Phi) is 5.19. The predicted molar refractivity (Wildman–Crippen MR) is 91.9 cm³/mol. The molecule has 2 rings (SSSR count). The molecule has 0 saturated carbocycles. The average Bonchev–Trinajstić information content (AvgIpc) is 2.86. The molecule has 1 aromatic carbocycles. The Bertz CT molecular complexity index is 676. The van der Waals surface area contributed by atoms with E-state index in [1.54, 1.807) is 6.20 Å². The number of thioether (sulfide) groups is 1. The van der Waals surface area contributed by atoms with Gasteiger partial charge < -0.3 is 5.32 Å². The molecule has 0 bridgehead atoms. The van der Waals surface area contributed by atoms with Crippen LogP contribution in [0.5, 0.6) is 0 Å². The summed E-state index contributed by atoms with van der Waals surface area (Å²) >= 11 is 7.59. The Morgan fingerprint density at radius 3 is 2.82 bits per heavy atom. The van der Waals surface area contributed by atoms with Crippen molar-refractivity contribution < 1.29 is 4.79 Å². The molecule has 0 aliphatic rings. The lowest BCUT2D eigenvalue weighted by Gasteiger charge is -2.20. The molecule has 1 amide bonds. The van der Waals surface area contributed by atoms with Gasteiger partial charge in [0.15, 0.2) is 5.16 Å². The molecule has 2 aromatic rings. The molecule has 1 N–H and O–H groups in total. The maximum absolute atomic E-state index is 11.9. The van der Waals surface area contributed by atoms with Crippen LogP contribution in [-0.4, -0.2) is 26.8 Å². The fourth-order valence-electron chi connectivity index (χ4n) is 2.02. The molecule has 0 atom stereocenters. The highest BCUT2D eigenvalue weighted by atomic mass is 35.5. The van der Waals surface area contributed by atoms with Gasteiger partial charge in [0.1, 0.15) is 0 Å². The third-order valence-corrected chi connectivity index (χ3v) is 4.33. The molecule has 6 heteroatoms. The fraction of sp³-hybridized carbons (Fsp3) is 0.375. The SMILES string of the molecule is Cc1c(Cl)cccc1-n1ccnc1SCC(=O)NC(C)(C)C. The van der Waals surface area contributed by atoms with Crippen molar-refractivity contribution in [3.05, 3.63) is 41.2 Å². The van der Waals surface area contributed by atoms with Crippen molar-refractivity contribution in [2.75, 3.05) is 5.75 Å². The van der Waals surface area contributed by atoms with Crippen molar-refractivity contribution >= 4 is 29.3 Å². The molecular formula is C16H20ClN3OS. The van der Waals surface area contributed by atoms with Crippen LogP contribution in [0.3, 0.4) is 0 Å². The Morgan fingerprint density at radius 1 is 1.41 bits per heavy atom. The molecule has 1 heterocycles. The van der Waals surface area contributed by atoms with E-state index in [-0.39, 0.29) is 11.4 Å². The van der Waals surface area contributed by atoms with Crippen molar-refractivity contribution in [1.29, 1.82) is 0 Å². The topological polar surface area (TPSA) is 46.9 Å². The van der Waals surface area contributed by atoms with E-state index in [1.807, 2.05) is 56.7 Å². The zero-order valence-corrected chi connectivity index (χ0v) is 14.8. The number of hydrogen-bond donors (Lipinski definition) is 1. The predicted octanol–water partition coefficient (Wildman–Crippen LogP) is 3.84. The number of imidazole rings is 1. The fourth-order valence-corrected chi connectivity index (χ4v) is 2.96. The maximum atomic E-state index is 11.9. The second kappa shape index (κ2) is 6.75. The Hall–Kier alpha value is -1.46. The van der Waals surface area contributed by atoms with Crippen molar-refractivity contribution in [3.8, 4) is 5.69 Å². The van der Waals surface area contributed by atoms with Gasteiger partial charge in [-0.3, -0.25) is 9.36 Å². The number of carbonyl (C=O) groups excluding carboxylic acids is 1. The largest absolute Gasteiger partial charge is 0.351 e. The second-order valence-corrected chi connectivity index (χ2v) is 7.40. The zero-order valence-electron chi connectivity index (χ0n) is 13.2. The van der Waals surface area contributed by atoms with E-state index in [2.05, 4.69) is 10.3 Å². The first kappa shape index (κ1) is 16.9. The van der Waals surface area contributed by atoms with Crippen LogP contribution in [-0.2, 0) is 4.79 Å². The monoisotopic (exact) mass is 337 g/mol. The number of benzene rings is 1. The van der Waals surface area contributed by atoms with Crippen molar-refractivity contribution in [2.45, 2.75) is 38.4 Å². The van der Waals surface area contributed by atoms with E-state index in [9.17, 15) is 4.79 Å². The van der Waals surface area contributed by atoms with Gasteiger partial charge in [-0.05, 0) is 45.4 Å². The summed E-state index contributed by atoms with van der Waals surface area (Å²) in [4.78, 5) is 16.3. The van der Waals surface area contributed by atoms with Gasteiger partial charge in [0.25, 0.3) is 0 Å². The van der Waals surface area contributed by atoms with Crippen LogP contribution < -0.4 is 5.32 Å². The van der Waals surface area contributed by atoms with Crippen LogP contribution in [0.15, 0.2) is 35.7 Å². The van der Waals surface area contributed by atoms with Crippen molar-refractivity contribution in [2.24, 2.45) is 0 Å². The minimum absolute atomic E-state index is 0.00475. The summed E-state index contributed by atoms with van der Waals surface area (Å²) in [5.41, 5.74) is 1.74. The van der Waals surface area contributed by atoms with Crippen LogP contribution in [0.2, 0.25) is 5.02 Å². The van der Waals surface area contributed by atoms with Crippen LogP contribution in [0.4, 0.5) is 0 Å². The number of nitrogens with one attached hydrogen (secondary N) is 1. The molecule has 0 unspecified atom stereocenters. The molecule has 0 saturated heterocycles. The second-order valence-electron chi connectivity index (χ2n) is 6.05. The summed E-state index contributed by atoms with van der Waals surface area (Å²) in [6, 6.07) is 5.76.